The minimum absolute atomic E-state index is 0.117. The van der Waals surface area contributed by atoms with Gasteiger partial charge >= 0.3 is 0 Å². The Morgan fingerprint density at radius 2 is 2.12 bits per heavy atom. The van der Waals surface area contributed by atoms with E-state index in [1.807, 2.05) is 18.0 Å². The number of thiophene rings is 2. The molecule has 1 amide bonds. The van der Waals surface area contributed by atoms with Crippen molar-refractivity contribution in [2.75, 3.05) is 25.1 Å². The Morgan fingerprint density at radius 3 is 2.84 bits per heavy atom. The second-order valence-electron chi connectivity index (χ2n) is 5.62. The first kappa shape index (κ1) is 17.0. The fraction of sp³-hybridized carbons (Fsp3) is 0.176. The fourth-order valence-corrected chi connectivity index (χ4v) is 6.32. The van der Waals surface area contributed by atoms with E-state index in [0.717, 1.165) is 10.6 Å². The van der Waals surface area contributed by atoms with Crippen molar-refractivity contribution in [3.63, 3.8) is 0 Å². The number of amides is 1. The summed E-state index contributed by atoms with van der Waals surface area (Å²) in [6.45, 7) is 0.756. The average molecular weight is 407 g/mol. The van der Waals surface area contributed by atoms with Gasteiger partial charge in [-0.1, -0.05) is 30.0 Å². The lowest BCUT2D eigenvalue weighted by Crippen LogP contribution is -2.20. The van der Waals surface area contributed by atoms with Gasteiger partial charge in [-0.05, 0) is 24.3 Å². The smallest absolute Gasteiger partial charge is 0.263 e. The highest BCUT2D eigenvalue weighted by atomic mass is 32.2. The number of carbonyl (C=O) groups is 1. The number of anilines is 1. The quantitative estimate of drug-likeness (QED) is 0.506. The topological polar surface area (TPSA) is 52.6 Å². The Morgan fingerprint density at radius 1 is 1.28 bits per heavy atom. The minimum atomic E-state index is -0.117. The highest BCUT2D eigenvalue weighted by Gasteiger charge is 2.22. The molecule has 4 nitrogen and oxygen atoms in total. The Bertz CT molecular complexity index is 1030. The zero-order chi connectivity index (χ0) is 17.6. The number of carbonyl (C=O) groups excluding carboxylic acids is 1. The van der Waals surface area contributed by atoms with E-state index in [0.29, 0.717) is 15.8 Å². The molecule has 2 aromatic heterocycles. The van der Waals surface area contributed by atoms with E-state index >= 15 is 0 Å². The number of aliphatic hydroxyl groups excluding tert-OH is 1. The predicted molar refractivity (Wildman–Crippen MR) is 114 cm³/mol. The van der Waals surface area contributed by atoms with E-state index in [9.17, 15) is 4.79 Å². The van der Waals surface area contributed by atoms with Crippen LogP contribution in [0, 0.1) is 0 Å². The molecule has 2 N–H and O–H groups in total. The molecule has 3 heterocycles. The van der Waals surface area contributed by atoms with Gasteiger partial charge in [-0.2, -0.15) is 0 Å². The van der Waals surface area contributed by atoms with Crippen molar-refractivity contribution in [2.24, 2.45) is 0 Å². The molecule has 0 atom stereocenters. The lowest BCUT2D eigenvalue weighted by Gasteiger charge is -2.17. The molecule has 0 aliphatic carbocycles. The van der Waals surface area contributed by atoms with Gasteiger partial charge in [-0.3, -0.25) is 4.79 Å². The molecule has 1 aromatic carbocycles. The summed E-state index contributed by atoms with van der Waals surface area (Å²) in [6, 6.07) is 8.51. The third-order valence-electron chi connectivity index (χ3n) is 3.94. The van der Waals surface area contributed by atoms with Gasteiger partial charge in [0.1, 0.15) is 4.32 Å². The van der Waals surface area contributed by atoms with E-state index in [-0.39, 0.29) is 12.5 Å². The standard InChI is InChI=1S/C17H14N2O2S4/c1-19(4-5-20)9-2-3-11-12(6-9)24-13-7-10(23-15(11)13)8-14-16(21)18-17(22)25-14/h2-3,6-8,20H,4-5H2,1H3,(H,18,21,22)/b14-8-. The summed E-state index contributed by atoms with van der Waals surface area (Å²) in [6.07, 6.45) is 1.91. The number of hydrogen-bond donors (Lipinski definition) is 2. The third kappa shape index (κ3) is 3.20. The van der Waals surface area contributed by atoms with Crippen LogP contribution in [0.2, 0.25) is 0 Å². The van der Waals surface area contributed by atoms with Crippen LogP contribution in [0.25, 0.3) is 25.6 Å². The molecule has 0 saturated carbocycles. The van der Waals surface area contributed by atoms with Crippen LogP contribution in [0.1, 0.15) is 4.88 Å². The SMILES string of the molecule is CN(CCO)c1ccc2c(c1)sc1cc(/C=C3\SC(=S)NC3=O)sc12. The number of nitrogens with zero attached hydrogens (tertiary/aromatic N) is 1. The highest BCUT2D eigenvalue weighted by Crippen LogP contribution is 2.42. The van der Waals surface area contributed by atoms with E-state index in [1.165, 1.54) is 31.2 Å². The largest absolute Gasteiger partial charge is 0.395 e. The van der Waals surface area contributed by atoms with Gasteiger partial charge in [-0.15, -0.1) is 22.7 Å². The van der Waals surface area contributed by atoms with Crippen molar-refractivity contribution in [3.8, 4) is 0 Å². The van der Waals surface area contributed by atoms with Crippen LogP contribution < -0.4 is 10.2 Å². The summed E-state index contributed by atoms with van der Waals surface area (Å²) in [4.78, 5) is 15.6. The van der Waals surface area contributed by atoms with E-state index in [1.54, 1.807) is 22.7 Å². The van der Waals surface area contributed by atoms with Crippen molar-refractivity contribution in [3.05, 3.63) is 34.0 Å². The average Bonchev–Trinajstić information content (AvgIpc) is 3.20. The highest BCUT2D eigenvalue weighted by molar-refractivity contribution is 8.26. The van der Waals surface area contributed by atoms with Gasteiger partial charge in [0.15, 0.2) is 0 Å². The van der Waals surface area contributed by atoms with Gasteiger partial charge < -0.3 is 15.3 Å². The van der Waals surface area contributed by atoms with Crippen molar-refractivity contribution < 1.29 is 9.90 Å². The summed E-state index contributed by atoms with van der Waals surface area (Å²) in [7, 11) is 1.98. The summed E-state index contributed by atoms with van der Waals surface area (Å²) in [5, 5.41) is 13.0. The van der Waals surface area contributed by atoms with Gasteiger partial charge in [-0.25, -0.2) is 0 Å². The molecular weight excluding hydrogens is 392 g/mol. The maximum atomic E-state index is 11.8. The van der Waals surface area contributed by atoms with Gasteiger partial charge in [0.05, 0.1) is 16.2 Å². The molecule has 0 unspecified atom stereocenters. The second kappa shape index (κ2) is 6.69. The zero-order valence-electron chi connectivity index (χ0n) is 13.2. The molecule has 25 heavy (non-hydrogen) atoms. The molecule has 1 fully saturated rings. The number of rotatable bonds is 4. The molecule has 0 spiro atoms. The summed E-state index contributed by atoms with van der Waals surface area (Å²) in [5.41, 5.74) is 1.10. The van der Waals surface area contributed by atoms with E-state index in [4.69, 9.17) is 17.3 Å². The summed E-state index contributed by atoms with van der Waals surface area (Å²) < 4.78 is 4.21. The number of benzene rings is 1. The number of nitrogens with one attached hydrogen (secondary N) is 1. The first-order chi connectivity index (χ1) is 12.0. The van der Waals surface area contributed by atoms with E-state index < -0.39 is 0 Å². The van der Waals surface area contributed by atoms with Crippen LogP contribution >= 0.6 is 46.7 Å². The molecule has 0 bridgehead atoms. The minimum Gasteiger partial charge on any atom is -0.395 e. The van der Waals surface area contributed by atoms with Crippen molar-refractivity contribution >= 4 is 88.1 Å². The van der Waals surface area contributed by atoms with Gasteiger partial charge in [0, 0.05) is 38.9 Å². The molecular formula is C17H14N2O2S4. The van der Waals surface area contributed by atoms with Crippen molar-refractivity contribution in [2.45, 2.75) is 0 Å². The Labute approximate surface area is 162 Å². The van der Waals surface area contributed by atoms with Crippen LogP contribution in [0.4, 0.5) is 5.69 Å². The predicted octanol–water partition coefficient (Wildman–Crippen LogP) is 4.03. The lowest BCUT2D eigenvalue weighted by molar-refractivity contribution is -0.115. The van der Waals surface area contributed by atoms with Gasteiger partial charge in [0.2, 0.25) is 0 Å². The molecule has 3 aromatic rings. The molecule has 1 aliphatic heterocycles. The molecule has 8 heteroatoms. The maximum absolute atomic E-state index is 11.8. The maximum Gasteiger partial charge on any atom is 0.263 e. The number of thioether (sulfide) groups is 1. The monoisotopic (exact) mass is 406 g/mol. The zero-order valence-corrected chi connectivity index (χ0v) is 16.5. The Balaban J connectivity index is 1.71. The first-order valence-corrected chi connectivity index (χ1v) is 10.4. The Kier molecular flexibility index (Phi) is 4.55. The van der Waals surface area contributed by atoms with Crippen LogP contribution in [0.3, 0.4) is 0 Å². The fourth-order valence-electron chi connectivity index (χ4n) is 2.70. The summed E-state index contributed by atoms with van der Waals surface area (Å²) in [5.74, 6) is -0.117. The van der Waals surface area contributed by atoms with Crippen LogP contribution in [0.5, 0.6) is 0 Å². The lowest BCUT2D eigenvalue weighted by atomic mass is 10.2. The summed E-state index contributed by atoms with van der Waals surface area (Å²) >= 11 is 9.78. The molecule has 4 rings (SSSR count). The molecule has 1 aliphatic rings. The molecule has 128 valence electrons. The van der Waals surface area contributed by atoms with Gasteiger partial charge in [0.25, 0.3) is 5.91 Å². The Hall–Kier alpha value is -1.45. The van der Waals surface area contributed by atoms with Crippen molar-refractivity contribution in [1.82, 2.24) is 5.32 Å². The third-order valence-corrected chi connectivity index (χ3v) is 7.45. The number of thiocarbonyl (C=S) groups is 1. The number of fused-ring (bicyclic) bond motifs is 3. The normalized spacial score (nSPS) is 16.3. The molecule has 1 saturated heterocycles. The van der Waals surface area contributed by atoms with Crippen LogP contribution in [-0.4, -0.2) is 35.5 Å². The number of aliphatic hydroxyl groups is 1. The van der Waals surface area contributed by atoms with Crippen LogP contribution in [-0.2, 0) is 4.79 Å². The second-order valence-corrected chi connectivity index (χ2v) is 9.51. The van der Waals surface area contributed by atoms with Crippen molar-refractivity contribution in [1.29, 1.82) is 0 Å². The first-order valence-electron chi connectivity index (χ1n) is 7.58. The number of hydrogen-bond acceptors (Lipinski definition) is 7. The molecule has 0 radical (unpaired) electrons. The van der Waals surface area contributed by atoms with E-state index in [2.05, 4.69) is 29.6 Å². The van der Waals surface area contributed by atoms with Crippen LogP contribution in [0.15, 0.2) is 29.2 Å². The number of likely N-dealkylation sites (N-methyl/N-ethyl adjacent to an activating group) is 1.